The molecule has 0 radical (unpaired) electrons. The first-order valence-electron chi connectivity index (χ1n) is 10.1. The van der Waals surface area contributed by atoms with Gasteiger partial charge in [0.05, 0.1) is 13.2 Å². The lowest BCUT2D eigenvalue weighted by molar-refractivity contribution is 0.140. The van der Waals surface area contributed by atoms with E-state index in [0.29, 0.717) is 19.2 Å². The predicted molar refractivity (Wildman–Crippen MR) is 109 cm³/mol. The Kier molecular flexibility index (Phi) is 6.96. The van der Waals surface area contributed by atoms with Gasteiger partial charge >= 0.3 is 0 Å². The van der Waals surface area contributed by atoms with E-state index in [1.54, 1.807) is 0 Å². The van der Waals surface area contributed by atoms with Gasteiger partial charge in [-0.15, -0.1) is 0 Å². The molecule has 150 valence electrons. The largest absolute Gasteiger partial charge is 0.488 e. The summed E-state index contributed by atoms with van der Waals surface area (Å²) in [6, 6.07) is 7.61. The molecule has 6 heteroatoms. The molecule has 27 heavy (non-hydrogen) atoms. The molecule has 1 saturated carbocycles. The fraction of sp³-hybridized carbons (Fsp3) is 0.667. The van der Waals surface area contributed by atoms with Crippen molar-refractivity contribution in [3.05, 3.63) is 29.3 Å². The van der Waals surface area contributed by atoms with E-state index in [9.17, 15) is 0 Å². The fourth-order valence-electron chi connectivity index (χ4n) is 3.33. The number of aliphatic imine (C=N–C) groups is 1. The molecule has 1 aliphatic heterocycles. The maximum Gasteiger partial charge on any atom is 0.191 e. The molecular formula is C21H34N4O2. The topological polar surface area (TPSA) is 58.1 Å². The van der Waals surface area contributed by atoms with Crippen molar-refractivity contribution in [3.8, 4) is 5.75 Å². The molecule has 2 N–H and O–H groups in total. The van der Waals surface area contributed by atoms with Crippen molar-refractivity contribution in [2.45, 2.75) is 57.8 Å². The van der Waals surface area contributed by atoms with E-state index in [1.165, 1.54) is 18.4 Å². The molecule has 6 nitrogen and oxygen atoms in total. The van der Waals surface area contributed by atoms with Crippen molar-refractivity contribution in [1.29, 1.82) is 0 Å². The van der Waals surface area contributed by atoms with Gasteiger partial charge < -0.3 is 20.1 Å². The smallest absolute Gasteiger partial charge is 0.191 e. The van der Waals surface area contributed by atoms with Crippen LogP contribution in [0.1, 0.15) is 37.3 Å². The van der Waals surface area contributed by atoms with Crippen LogP contribution < -0.4 is 15.4 Å². The van der Waals surface area contributed by atoms with Gasteiger partial charge in [-0.3, -0.25) is 9.89 Å². The molecule has 2 unspecified atom stereocenters. The van der Waals surface area contributed by atoms with Gasteiger partial charge in [-0.1, -0.05) is 12.1 Å². The highest BCUT2D eigenvalue weighted by atomic mass is 16.5. The van der Waals surface area contributed by atoms with Crippen molar-refractivity contribution in [3.63, 3.8) is 0 Å². The number of rotatable bonds is 8. The maximum absolute atomic E-state index is 6.18. The number of nitrogens with one attached hydrogen (secondary N) is 2. The summed E-state index contributed by atoms with van der Waals surface area (Å²) >= 11 is 0. The van der Waals surface area contributed by atoms with E-state index >= 15 is 0 Å². The molecule has 1 heterocycles. The van der Waals surface area contributed by atoms with Crippen molar-refractivity contribution in [2.24, 2.45) is 4.99 Å². The standard InChI is InChI=1S/C21H34N4O2/c1-15-5-6-17(20(11-15)27-19-9-10-26-14-19)13-24-21(22-3)23-12-16(2)25(4)18-7-8-18/h5-6,11,16,18-19H,7-10,12-14H2,1-4H3,(H2,22,23,24). The van der Waals surface area contributed by atoms with Gasteiger partial charge in [-0.2, -0.15) is 0 Å². The minimum Gasteiger partial charge on any atom is -0.488 e. The number of aryl methyl sites for hydroxylation is 1. The predicted octanol–water partition coefficient (Wildman–Crippen LogP) is 2.31. The molecule has 0 amide bonds. The summed E-state index contributed by atoms with van der Waals surface area (Å²) in [4.78, 5) is 6.81. The van der Waals surface area contributed by atoms with Gasteiger partial charge in [-0.05, 0) is 45.4 Å². The molecule has 2 fully saturated rings. The number of likely N-dealkylation sites (N-methyl/N-ethyl adjacent to an activating group) is 1. The van der Waals surface area contributed by atoms with E-state index < -0.39 is 0 Å². The van der Waals surface area contributed by atoms with Gasteiger partial charge in [-0.25, -0.2) is 0 Å². The number of ether oxygens (including phenoxy) is 2. The normalized spacial score (nSPS) is 21.4. The Morgan fingerprint density at radius 1 is 1.33 bits per heavy atom. The number of hydrogen-bond acceptors (Lipinski definition) is 4. The van der Waals surface area contributed by atoms with Crippen LogP contribution in [0.15, 0.2) is 23.2 Å². The van der Waals surface area contributed by atoms with Gasteiger partial charge in [0.1, 0.15) is 11.9 Å². The van der Waals surface area contributed by atoms with E-state index in [4.69, 9.17) is 9.47 Å². The molecule has 2 aliphatic rings. The zero-order valence-corrected chi connectivity index (χ0v) is 17.1. The third-order valence-corrected chi connectivity index (χ3v) is 5.46. The first kappa shape index (κ1) is 20.0. The van der Waals surface area contributed by atoms with Crippen LogP contribution in [0.4, 0.5) is 0 Å². The van der Waals surface area contributed by atoms with Crippen LogP contribution in [0.5, 0.6) is 5.75 Å². The summed E-state index contributed by atoms with van der Waals surface area (Å²) in [5.41, 5.74) is 2.34. The number of benzene rings is 1. The highest BCUT2D eigenvalue weighted by Crippen LogP contribution is 2.26. The third-order valence-electron chi connectivity index (χ3n) is 5.46. The van der Waals surface area contributed by atoms with Crippen LogP contribution in [0, 0.1) is 6.92 Å². The first-order valence-corrected chi connectivity index (χ1v) is 10.1. The lowest BCUT2D eigenvalue weighted by atomic mass is 10.1. The average Bonchev–Trinajstić information content (AvgIpc) is 3.39. The highest BCUT2D eigenvalue weighted by molar-refractivity contribution is 5.79. The first-order chi connectivity index (χ1) is 13.1. The number of guanidine groups is 1. The van der Waals surface area contributed by atoms with E-state index in [2.05, 4.69) is 59.6 Å². The van der Waals surface area contributed by atoms with Crippen LogP contribution in [0.2, 0.25) is 0 Å². The minimum atomic E-state index is 0.154. The average molecular weight is 375 g/mol. The van der Waals surface area contributed by atoms with Crippen molar-refractivity contribution >= 4 is 5.96 Å². The molecule has 2 atom stereocenters. The van der Waals surface area contributed by atoms with Crippen molar-refractivity contribution < 1.29 is 9.47 Å². The number of hydrogen-bond donors (Lipinski definition) is 2. The van der Waals surface area contributed by atoms with Gasteiger partial charge in [0.2, 0.25) is 0 Å². The van der Waals surface area contributed by atoms with Gasteiger partial charge in [0.25, 0.3) is 0 Å². The summed E-state index contributed by atoms with van der Waals surface area (Å²) in [5.74, 6) is 1.76. The molecule has 0 spiro atoms. The lowest BCUT2D eigenvalue weighted by Gasteiger charge is -2.25. The Morgan fingerprint density at radius 3 is 2.81 bits per heavy atom. The Balaban J connectivity index is 1.52. The monoisotopic (exact) mass is 374 g/mol. The Bertz CT molecular complexity index is 639. The van der Waals surface area contributed by atoms with Gasteiger partial charge in [0, 0.05) is 44.2 Å². The summed E-state index contributed by atoms with van der Waals surface area (Å²) in [5, 5.41) is 6.86. The Hall–Kier alpha value is -1.79. The van der Waals surface area contributed by atoms with Gasteiger partial charge in [0.15, 0.2) is 5.96 Å². The lowest BCUT2D eigenvalue weighted by Crippen LogP contribution is -2.45. The molecule has 0 bridgehead atoms. The second-order valence-electron chi connectivity index (χ2n) is 7.77. The van der Waals surface area contributed by atoms with Crippen LogP contribution in [-0.4, -0.2) is 62.9 Å². The number of nitrogens with zero attached hydrogens (tertiary/aromatic N) is 2. The van der Waals surface area contributed by atoms with E-state index in [0.717, 1.165) is 42.9 Å². The molecule has 1 aromatic carbocycles. The second-order valence-corrected chi connectivity index (χ2v) is 7.77. The van der Waals surface area contributed by atoms with E-state index in [-0.39, 0.29) is 6.10 Å². The second kappa shape index (κ2) is 9.42. The minimum absolute atomic E-state index is 0.154. The molecule has 1 saturated heterocycles. The van der Waals surface area contributed by atoms with Crippen LogP contribution in [-0.2, 0) is 11.3 Å². The molecular weight excluding hydrogens is 340 g/mol. The zero-order valence-electron chi connectivity index (χ0n) is 17.1. The van der Waals surface area contributed by atoms with Crippen LogP contribution >= 0.6 is 0 Å². The van der Waals surface area contributed by atoms with Crippen molar-refractivity contribution in [1.82, 2.24) is 15.5 Å². The molecule has 1 aliphatic carbocycles. The highest BCUT2D eigenvalue weighted by Gasteiger charge is 2.29. The summed E-state index contributed by atoms with van der Waals surface area (Å²) in [6.45, 7) is 7.37. The summed E-state index contributed by atoms with van der Waals surface area (Å²) in [7, 11) is 4.02. The summed E-state index contributed by atoms with van der Waals surface area (Å²) < 4.78 is 11.6. The van der Waals surface area contributed by atoms with E-state index in [1.807, 2.05) is 7.05 Å². The van der Waals surface area contributed by atoms with Crippen LogP contribution in [0.25, 0.3) is 0 Å². The maximum atomic E-state index is 6.18. The summed E-state index contributed by atoms with van der Waals surface area (Å²) in [6.07, 6.45) is 3.77. The quantitative estimate of drug-likeness (QED) is 0.540. The Morgan fingerprint density at radius 2 is 2.15 bits per heavy atom. The Labute approximate surface area is 163 Å². The molecule has 0 aromatic heterocycles. The SMILES string of the molecule is CN=C(NCc1ccc(C)cc1OC1CCOC1)NCC(C)N(C)C1CC1. The zero-order chi connectivity index (χ0) is 19.2. The third kappa shape index (κ3) is 5.84. The fourth-order valence-corrected chi connectivity index (χ4v) is 3.33. The van der Waals surface area contributed by atoms with Crippen LogP contribution in [0.3, 0.4) is 0 Å². The molecule has 1 aromatic rings. The van der Waals surface area contributed by atoms with Crippen molar-refractivity contribution in [2.75, 3.05) is 33.9 Å². The molecule has 3 rings (SSSR count).